The number of fused-ring (bicyclic) bond motifs is 1. The normalized spacial score (nSPS) is 21.3. The lowest BCUT2D eigenvalue weighted by Gasteiger charge is -2.41. The minimum absolute atomic E-state index is 0. The van der Waals surface area contributed by atoms with Gasteiger partial charge in [0.25, 0.3) is 0 Å². The van der Waals surface area contributed by atoms with E-state index >= 15 is 0 Å². The Bertz CT molecular complexity index is 752. The number of ether oxygens (including phenoxy) is 1. The highest BCUT2D eigenvalue weighted by Gasteiger charge is 2.36. The summed E-state index contributed by atoms with van der Waals surface area (Å²) in [4.78, 5) is 16.4. The second-order valence-corrected chi connectivity index (χ2v) is 7.99. The van der Waals surface area contributed by atoms with Crippen molar-refractivity contribution in [3.05, 3.63) is 54.1 Å². The maximum atomic E-state index is 12.8. The van der Waals surface area contributed by atoms with E-state index in [1.54, 1.807) is 17.1 Å². The van der Waals surface area contributed by atoms with Gasteiger partial charge in [0, 0.05) is 44.7 Å². The average Bonchev–Trinajstić information content (AvgIpc) is 2.75. The second kappa shape index (κ2) is 10.8. The molecule has 2 atom stereocenters. The largest absolute Gasteiger partial charge is 0.507 e. The molecule has 6 nitrogen and oxygen atoms in total. The van der Waals surface area contributed by atoms with E-state index in [0.717, 1.165) is 29.5 Å². The van der Waals surface area contributed by atoms with E-state index < -0.39 is 0 Å². The number of carbonyl (C=O) groups is 1. The zero-order valence-corrected chi connectivity index (χ0v) is 18.6. The number of nitrogens with zero attached hydrogens (tertiary/aromatic N) is 2. The summed E-state index contributed by atoms with van der Waals surface area (Å²) >= 11 is 0. The van der Waals surface area contributed by atoms with Gasteiger partial charge in [-0.15, -0.1) is 25.6 Å². The quantitative estimate of drug-likeness (QED) is 0.669. The van der Waals surface area contributed by atoms with Gasteiger partial charge in [0.05, 0.1) is 12.2 Å². The molecule has 1 aromatic rings. The molecule has 0 saturated carbocycles. The van der Waals surface area contributed by atoms with Crippen LogP contribution in [0.4, 0.5) is 4.79 Å². The van der Waals surface area contributed by atoms with Crippen molar-refractivity contribution in [3.63, 3.8) is 0 Å². The molecule has 3 N–H and O–H groups in total. The number of aromatic hydroxyl groups is 1. The van der Waals surface area contributed by atoms with E-state index in [2.05, 4.69) is 13.2 Å². The number of urea groups is 1. The Morgan fingerprint density at radius 2 is 1.93 bits per heavy atom. The first-order chi connectivity index (χ1) is 14.0. The van der Waals surface area contributed by atoms with Gasteiger partial charge < -0.3 is 25.4 Å². The van der Waals surface area contributed by atoms with Crippen LogP contribution in [-0.2, 0) is 11.2 Å². The predicted molar refractivity (Wildman–Crippen MR) is 122 cm³/mol. The molecule has 0 unspecified atom stereocenters. The van der Waals surface area contributed by atoms with Crippen LogP contribution in [0.1, 0.15) is 35.6 Å². The number of phenols is 1. The van der Waals surface area contributed by atoms with Crippen LogP contribution in [0.2, 0.25) is 0 Å². The number of piperidine rings is 1. The number of hydrogen-bond acceptors (Lipinski definition) is 4. The predicted octanol–water partition coefficient (Wildman–Crippen LogP) is 3.57. The van der Waals surface area contributed by atoms with Crippen molar-refractivity contribution in [2.75, 3.05) is 32.7 Å². The fourth-order valence-electron chi connectivity index (χ4n) is 4.48. The fraction of sp³-hybridized carbons (Fsp3) is 0.522. The van der Waals surface area contributed by atoms with Crippen molar-refractivity contribution in [2.45, 2.75) is 38.4 Å². The van der Waals surface area contributed by atoms with E-state index in [4.69, 9.17) is 10.5 Å². The second-order valence-electron chi connectivity index (χ2n) is 7.99. The molecular weight excluding hydrogens is 402 g/mol. The maximum Gasteiger partial charge on any atom is 0.320 e. The van der Waals surface area contributed by atoms with E-state index in [1.165, 1.54) is 0 Å². The Balaban J connectivity index is 0.00000320. The topological polar surface area (TPSA) is 79.0 Å². The molecule has 166 valence electrons. The van der Waals surface area contributed by atoms with Crippen LogP contribution in [0.5, 0.6) is 5.75 Å². The molecule has 3 rings (SSSR count). The molecule has 0 spiro atoms. The molecule has 2 heterocycles. The fourth-order valence-corrected chi connectivity index (χ4v) is 4.48. The number of halogens is 1. The average molecular weight is 436 g/mol. The Morgan fingerprint density at radius 3 is 2.50 bits per heavy atom. The highest BCUT2D eigenvalue weighted by Crippen LogP contribution is 2.40. The molecule has 2 aliphatic rings. The van der Waals surface area contributed by atoms with E-state index in [9.17, 15) is 9.90 Å². The van der Waals surface area contributed by atoms with Crippen LogP contribution in [0.3, 0.4) is 0 Å². The highest BCUT2D eigenvalue weighted by atomic mass is 35.5. The number of phenolic OH excluding ortho intramolecular Hbond substituents is 1. The Labute approximate surface area is 185 Å². The van der Waals surface area contributed by atoms with Crippen LogP contribution < -0.4 is 5.73 Å². The van der Waals surface area contributed by atoms with Gasteiger partial charge in [-0.25, -0.2) is 4.79 Å². The summed E-state index contributed by atoms with van der Waals surface area (Å²) in [5.74, 6) is 0.708. The Morgan fingerprint density at radius 1 is 1.30 bits per heavy atom. The van der Waals surface area contributed by atoms with Gasteiger partial charge >= 0.3 is 6.03 Å². The van der Waals surface area contributed by atoms with Gasteiger partial charge in [-0.05, 0) is 36.8 Å². The van der Waals surface area contributed by atoms with Crippen molar-refractivity contribution in [1.29, 1.82) is 0 Å². The lowest BCUT2D eigenvalue weighted by molar-refractivity contribution is -0.0630. The van der Waals surface area contributed by atoms with Crippen LogP contribution in [0.15, 0.2) is 37.4 Å². The number of hydrogen-bond donors (Lipinski definition) is 2. The number of nitrogens with two attached hydrogens (primary N) is 1. The minimum atomic E-state index is -0.189. The number of likely N-dealkylation sites (tertiary alicyclic amines) is 1. The van der Waals surface area contributed by atoms with E-state index in [1.807, 2.05) is 24.0 Å². The van der Waals surface area contributed by atoms with Gasteiger partial charge in [-0.1, -0.05) is 24.3 Å². The molecule has 2 amide bonds. The number of amides is 2. The molecule has 30 heavy (non-hydrogen) atoms. The molecule has 1 aromatic carbocycles. The monoisotopic (exact) mass is 435 g/mol. The Hall–Kier alpha value is -2.02. The molecule has 0 aromatic heterocycles. The highest BCUT2D eigenvalue weighted by molar-refractivity contribution is 5.85. The molecule has 0 bridgehead atoms. The van der Waals surface area contributed by atoms with Gasteiger partial charge in [-0.3, -0.25) is 0 Å². The van der Waals surface area contributed by atoms with Gasteiger partial charge in [0.1, 0.15) is 5.75 Å². The summed E-state index contributed by atoms with van der Waals surface area (Å²) in [5.41, 5.74) is 8.82. The lowest BCUT2D eigenvalue weighted by atomic mass is 9.83. The molecular formula is C23H34ClN3O3. The van der Waals surface area contributed by atoms with Crippen LogP contribution in [0.25, 0.3) is 0 Å². The van der Waals surface area contributed by atoms with Crippen molar-refractivity contribution in [3.8, 4) is 5.75 Å². The molecule has 2 aliphatic heterocycles. The summed E-state index contributed by atoms with van der Waals surface area (Å²) in [5, 5.41) is 10.6. The lowest BCUT2D eigenvalue weighted by Crippen LogP contribution is -2.49. The van der Waals surface area contributed by atoms with Crippen molar-refractivity contribution < 1.29 is 14.6 Å². The third-order valence-corrected chi connectivity index (χ3v) is 6.13. The van der Waals surface area contributed by atoms with Crippen LogP contribution >= 0.6 is 12.4 Å². The standard InChI is InChI=1S/C23H33N3O3.ClH/c1-4-10-25(11-5-2)23(28)26-12-8-17(9-13-26)20-14-19-18(21(15-24)29-20)7-6-16(3)22(19)27;/h4-7,17,20-21,27H,1-2,8-15,24H2,3H3;1H/t20-,21-;/m0./s1. The SMILES string of the molecule is C=CCN(CC=C)C(=O)N1CCC([C@@H]2Cc3c(ccc(C)c3O)[C@H](CN)O2)CC1.Cl. The van der Waals surface area contributed by atoms with Crippen molar-refractivity contribution in [2.24, 2.45) is 11.7 Å². The first kappa shape index (κ1) is 24.3. The molecule has 1 saturated heterocycles. The molecule has 0 radical (unpaired) electrons. The summed E-state index contributed by atoms with van der Waals surface area (Å²) in [6.07, 6.45) is 5.75. The van der Waals surface area contributed by atoms with Crippen LogP contribution in [-0.4, -0.2) is 59.8 Å². The summed E-state index contributed by atoms with van der Waals surface area (Å²) in [7, 11) is 0. The smallest absolute Gasteiger partial charge is 0.320 e. The minimum Gasteiger partial charge on any atom is -0.507 e. The van der Waals surface area contributed by atoms with E-state index in [-0.39, 0.29) is 30.6 Å². The number of carbonyl (C=O) groups excluding carboxylic acids is 1. The molecule has 1 fully saturated rings. The number of benzene rings is 1. The first-order valence-corrected chi connectivity index (χ1v) is 10.4. The third kappa shape index (κ3) is 4.99. The van der Waals surface area contributed by atoms with Crippen molar-refractivity contribution >= 4 is 18.4 Å². The first-order valence-electron chi connectivity index (χ1n) is 10.4. The van der Waals surface area contributed by atoms with Gasteiger partial charge in [0.15, 0.2) is 0 Å². The zero-order chi connectivity index (χ0) is 21.0. The zero-order valence-electron chi connectivity index (χ0n) is 17.8. The van der Waals surface area contributed by atoms with E-state index in [0.29, 0.717) is 50.8 Å². The molecule has 7 heteroatoms. The number of aryl methyl sites for hydroxylation is 1. The summed E-state index contributed by atoms with van der Waals surface area (Å²) in [6.45, 7) is 12.2. The molecule has 0 aliphatic carbocycles. The van der Waals surface area contributed by atoms with Crippen LogP contribution in [0, 0.1) is 12.8 Å². The third-order valence-electron chi connectivity index (χ3n) is 6.13. The summed E-state index contributed by atoms with van der Waals surface area (Å²) in [6, 6.07) is 3.97. The van der Waals surface area contributed by atoms with Gasteiger partial charge in [0.2, 0.25) is 0 Å². The van der Waals surface area contributed by atoms with Crippen molar-refractivity contribution in [1.82, 2.24) is 9.80 Å². The van der Waals surface area contributed by atoms with Gasteiger partial charge in [-0.2, -0.15) is 0 Å². The number of rotatable bonds is 6. The maximum absolute atomic E-state index is 12.8. The summed E-state index contributed by atoms with van der Waals surface area (Å²) < 4.78 is 6.34. The Kier molecular flexibility index (Phi) is 8.77.